The van der Waals surface area contributed by atoms with E-state index in [0.717, 1.165) is 15.8 Å². The number of thiazole rings is 1. The third-order valence-corrected chi connectivity index (χ3v) is 9.88. The van der Waals surface area contributed by atoms with Gasteiger partial charge in [0.2, 0.25) is 10.0 Å². The number of aryl methyl sites for hydroxylation is 1. The number of fused-ring (bicyclic) bond motifs is 1. The predicted molar refractivity (Wildman–Crippen MR) is 162 cm³/mol. The summed E-state index contributed by atoms with van der Waals surface area (Å²) in [6.45, 7) is 4.57. The molecule has 3 aromatic carbocycles. The summed E-state index contributed by atoms with van der Waals surface area (Å²) < 4.78 is 34.7. The zero-order valence-corrected chi connectivity index (χ0v) is 24.7. The van der Waals surface area contributed by atoms with Crippen LogP contribution in [0.25, 0.3) is 10.2 Å². The van der Waals surface area contributed by atoms with Crippen LogP contribution in [0.3, 0.4) is 0 Å². The van der Waals surface area contributed by atoms with Gasteiger partial charge in [-0.1, -0.05) is 60.7 Å². The van der Waals surface area contributed by atoms with E-state index in [0.29, 0.717) is 34.2 Å². The standard InChI is InChI=1S/C31H30N4O4S2/c1-4-34(20-23-10-6-5-7-11-23)41(37,38)26-16-14-24(15-17-26)30(36)35(21-25-12-8-9-19-32-25)31-33-28-27(39-3)18-13-22(2)29(28)40-31/h5-19H,4,20-21H2,1-3H3. The van der Waals surface area contributed by atoms with Crippen LogP contribution in [0.2, 0.25) is 0 Å². The Balaban J connectivity index is 1.47. The molecule has 0 saturated carbocycles. The molecule has 2 aromatic heterocycles. The predicted octanol–water partition coefficient (Wildman–Crippen LogP) is 6.07. The number of benzene rings is 3. The second-order valence-corrected chi connectivity index (χ2v) is 12.3. The van der Waals surface area contributed by atoms with Crippen molar-refractivity contribution in [2.75, 3.05) is 18.6 Å². The Labute approximate surface area is 243 Å². The van der Waals surface area contributed by atoms with Crippen molar-refractivity contribution in [3.8, 4) is 5.75 Å². The molecule has 210 valence electrons. The number of sulfonamides is 1. The molecule has 0 aliphatic heterocycles. The van der Waals surface area contributed by atoms with Crippen LogP contribution in [0.5, 0.6) is 5.75 Å². The number of methoxy groups -OCH3 is 1. The summed E-state index contributed by atoms with van der Waals surface area (Å²) in [6.07, 6.45) is 1.68. The van der Waals surface area contributed by atoms with Crippen LogP contribution < -0.4 is 9.64 Å². The summed E-state index contributed by atoms with van der Waals surface area (Å²) in [7, 11) is -2.18. The summed E-state index contributed by atoms with van der Waals surface area (Å²) in [6, 6.07) is 24.9. The topological polar surface area (TPSA) is 92.7 Å². The molecule has 0 fully saturated rings. The molecule has 5 rings (SSSR count). The average Bonchev–Trinajstić information content (AvgIpc) is 3.46. The van der Waals surface area contributed by atoms with Crippen LogP contribution >= 0.6 is 11.3 Å². The summed E-state index contributed by atoms with van der Waals surface area (Å²) in [5, 5.41) is 0.500. The first-order valence-electron chi connectivity index (χ1n) is 13.1. The van der Waals surface area contributed by atoms with Crippen molar-refractivity contribution in [1.29, 1.82) is 0 Å². The molecule has 0 atom stereocenters. The molecule has 0 aliphatic rings. The van der Waals surface area contributed by atoms with E-state index in [4.69, 9.17) is 9.72 Å². The van der Waals surface area contributed by atoms with Gasteiger partial charge in [0.05, 0.1) is 28.9 Å². The van der Waals surface area contributed by atoms with E-state index in [1.807, 2.05) is 74.5 Å². The maximum atomic E-state index is 13.9. The molecule has 0 saturated heterocycles. The summed E-state index contributed by atoms with van der Waals surface area (Å²) in [4.78, 5) is 24.8. The molecular formula is C31H30N4O4S2. The Hall–Kier alpha value is -4.12. The fourth-order valence-electron chi connectivity index (χ4n) is 4.49. The molecule has 2 heterocycles. The molecule has 0 N–H and O–H groups in total. The highest BCUT2D eigenvalue weighted by Crippen LogP contribution is 2.37. The van der Waals surface area contributed by atoms with Crippen molar-refractivity contribution in [2.45, 2.75) is 31.8 Å². The first kappa shape index (κ1) is 28.4. The SMILES string of the molecule is CCN(Cc1ccccc1)S(=O)(=O)c1ccc(C(=O)N(Cc2ccccn2)c2nc3c(OC)ccc(C)c3s2)cc1. The normalized spacial score (nSPS) is 11.6. The number of aromatic nitrogens is 2. The number of hydrogen-bond acceptors (Lipinski definition) is 7. The first-order valence-corrected chi connectivity index (χ1v) is 15.4. The van der Waals surface area contributed by atoms with Crippen LogP contribution in [0.15, 0.2) is 96.0 Å². The Bertz CT molecular complexity index is 1760. The molecule has 0 radical (unpaired) electrons. The van der Waals surface area contributed by atoms with Gasteiger partial charge in [-0.2, -0.15) is 4.31 Å². The highest BCUT2D eigenvalue weighted by molar-refractivity contribution is 7.89. The smallest absolute Gasteiger partial charge is 0.260 e. The Morgan fingerprint density at radius 1 is 0.927 bits per heavy atom. The number of ether oxygens (including phenoxy) is 1. The molecule has 0 aliphatic carbocycles. The highest BCUT2D eigenvalue weighted by Gasteiger charge is 2.26. The van der Waals surface area contributed by atoms with Gasteiger partial charge in [0.25, 0.3) is 5.91 Å². The number of nitrogens with zero attached hydrogens (tertiary/aromatic N) is 4. The zero-order chi connectivity index (χ0) is 29.0. The van der Waals surface area contributed by atoms with E-state index in [1.54, 1.807) is 30.3 Å². The number of anilines is 1. The van der Waals surface area contributed by atoms with Crippen molar-refractivity contribution in [2.24, 2.45) is 0 Å². The molecule has 0 spiro atoms. The molecule has 5 aromatic rings. The van der Waals surface area contributed by atoms with Gasteiger partial charge in [-0.05, 0) is 60.5 Å². The Kier molecular flexibility index (Phi) is 8.44. The lowest BCUT2D eigenvalue weighted by Gasteiger charge is -2.22. The average molecular weight is 587 g/mol. The maximum absolute atomic E-state index is 13.9. The monoisotopic (exact) mass is 586 g/mol. The zero-order valence-electron chi connectivity index (χ0n) is 23.0. The molecule has 41 heavy (non-hydrogen) atoms. The molecule has 0 bridgehead atoms. The van der Waals surface area contributed by atoms with Crippen LogP contribution in [0.1, 0.15) is 34.1 Å². The van der Waals surface area contributed by atoms with Crippen LogP contribution in [0.4, 0.5) is 5.13 Å². The minimum atomic E-state index is -3.77. The van der Waals surface area contributed by atoms with Crippen molar-refractivity contribution in [1.82, 2.24) is 14.3 Å². The van der Waals surface area contributed by atoms with Crippen molar-refractivity contribution < 1.29 is 17.9 Å². The van der Waals surface area contributed by atoms with Crippen LogP contribution in [-0.4, -0.2) is 42.3 Å². The number of rotatable bonds is 10. The van der Waals surface area contributed by atoms with E-state index >= 15 is 0 Å². The largest absolute Gasteiger partial charge is 0.494 e. The van der Waals surface area contributed by atoms with Gasteiger partial charge in [0, 0.05) is 24.8 Å². The van der Waals surface area contributed by atoms with Crippen LogP contribution in [0, 0.1) is 6.92 Å². The minimum absolute atomic E-state index is 0.128. The van der Waals surface area contributed by atoms with Gasteiger partial charge >= 0.3 is 0 Å². The third-order valence-electron chi connectivity index (χ3n) is 6.73. The molecule has 8 nitrogen and oxygen atoms in total. The van der Waals surface area contributed by atoms with E-state index in [-0.39, 0.29) is 23.9 Å². The fourth-order valence-corrected chi connectivity index (χ4v) is 6.97. The number of carbonyl (C=O) groups excluding carboxylic acids is 1. The maximum Gasteiger partial charge on any atom is 0.260 e. The lowest BCUT2D eigenvalue weighted by Crippen LogP contribution is -2.31. The van der Waals surface area contributed by atoms with Gasteiger partial charge in [-0.3, -0.25) is 14.7 Å². The van der Waals surface area contributed by atoms with E-state index in [9.17, 15) is 13.2 Å². The van der Waals surface area contributed by atoms with E-state index < -0.39 is 10.0 Å². The van der Waals surface area contributed by atoms with Crippen molar-refractivity contribution >= 4 is 42.6 Å². The summed E-state index contributed by atoms with van der Waals surface area (Å²) >= 11 is 1.40. The van der Waals surface area contributed by atoms with E-state index in [2.05, 4.69) is 4.98 Å². The molecule has 1 amide bonds. The number of hydrogen-bond donors (Lipinski definition) is 0. The molecule has 0 unspecified atom stereocenters. The Morgan fingerprint density at radius 2 is 1.66 bits per heavy atom. The van der Waals surface area contributed by atoms with Gasteiger partial charge in [0.1, 0.15) is 11.3 Å². The second-order valence-electron chi connectivity index (χ2n) is 9.41. The number of amides is 1. The summed E-state index contributed by atoms with van der Waals surface area (Å²) in [5.41, 5.74) is 3.65. The van der Waals surface area contributed by atoms with Gasteiger partial charge in [-0.25, -0.2) is 13.4 Å². The van der Waals surface area contributed by atoms with E-state index in [1.165, 1.54) is 27.8 Å². The van der Waals surface area contributed by atoms with Crippen LogP contribution in [-0.2, 0) is 23.1 Å². The van der Waals surface area contributed by atoms with Crippen molar-refractivity contribution in [3.05, 3.63) is 114 Å². The van der Waals surface area contributed by atoms with Crippen molar-refractivity contribution in [3.63, 3.8) is 0 Å². The van der Waals surface area contributed by atoms with Gasteiger partial charge in [-0.15, -0.1) is 0 Å². The highest BCUT2D eigenvalue weighted by atomic mass is 32.2. The number of pyridine rings is 1. The van der Waals surface area contributed by atoms with Gasteiger partial charge < -0.3 is 4.74 Å². The first-order chi connectivity index (χ1) is 19.8. The Morgan fingerprint density at radius 3 is 2.32 bits per heavy atom. The lowest BCUT2D eigenvalue weighted by atomic mass is 10.2. The molecule has 10 heteroatoms. The number of carbonyl (C=O) groups is 1. The molecular weight excluding hydrogens is 556 g/mol. The quantitative estimate of drug-likeness (QED) is 0.197. The van der Waals surface area contributed by atoms with Gasteiger partial charge in [0.15, 0.2) is 5.13 Å². The third kappa shape index (κ3) is 6.00. The fraction of sp³-hybridized carbons (Fsp3) is 0.194. The minimum Gasteiger partial charge on any atom is -0.494 e. The second kappa shape index (κ2) is 12.2. The lowest BCUT2D eigenvalue weighted by molar-refractivity contribution is 0.0984. The summed E-state index contributed by atoms with van der Waals surface area (Å²) in [5.74, 6) is 0.316.